The summed E-state index contributed by atoms with van der Waals surface area (Å²) in [5.41, 5.74) is 2.05. The Hall–Kier alpha value is -2.30. The SMILES string of the molecule is Cc1c([C@@H](C)NC(=O)[C@@H](C)Oc2ccccc2)cnn1C. The molecule has 5 nitrogen and oxygen atoms in total. The van der Waals surface area contributed by atoms with Gasteiger partial charge in [0.05, 0.1) is 12.2 Å². The van der Waals surface area contributed by atoms with Crippen molar-refractivity contribution in [3.63, 3.8) is 0 Å². The van der Waals surface area contributed by atoms with E-state index in [-0.39, 0.29) is 11.9 Å². The second-order valence-electron chi connectivity index (χ2n) is 5.11. The van der Waals surface area contributed by atoms with Gasteiger partial charge in [-0.05, 0) is 32.9 Å². The fourth-order valence-electron chi connectivity index (χ4n) is 2.11. The molecular formula is C16H21N3O2. The van der Waals surface area contributed by atoms with E-state index in [0.717, 1.165) is 11.3 Å². The minimum absolute atomic E-state index is 0.104. The van der Waals surface area contributed by atoms with Crippen LogP contribution in [0.25, 0.3) is 0 Å². The van der Waals surface area contributed by atoms with Crippen molar-refractivity contribution >= 4 is 5.91 Å². The van der Waals surface area contributed by atoms with Crippen molar-refractivity contribution in [2.24, 2.45) is 7.05 Å². The molecule has 1 heterocycles. The molecule has 0 aliphatic rings. The Morgan fingerprint density at radius 2 is 1.95 bits per heavy atom. The number of aromatic nitrogens is 2. The van der Waals surface area contributed by atoms with E-state index >= 15 is 0 Å². The number of aryl methyl sites for hydroxylation is 1. The third-order valence-electron chi connectivity index (χ3n) is 3.52. The van der Waals surface area contributed by atoms with E-state index in [1.807, 2.05) is 51.2 Å². The number of nitrogens with zero attached hydrogens (tertiary/aromatic N) is 2. The molecule has 0 spiro atoms. The van der Waals surface area contributed by atoms with Crippen molar-refractivity contribution in [1.29, 1.82) is 0 Å². The van der Waals surface area contributed by atoms with Crippen molar-refractivity contribution in [1.82, 2.24) is 15.1 Å². The molecule has 5 heteroatoms. The standard InChI is InChI=1S/C16H21N3O2/c1-11(15-10-17-19(4)12(15)2)18-16(20)13(3)21-14-8-6-5-7-9-14/h5-11,13H,1-4H3,(H,18,20)/t11-,13-/m1/s1. The molecule has 1 N–H and O–H groups in total. The van der Waals surface area contributed by atoms with Gasteiger partial charge in [-0.3, -0.25) is 9.48 Å². The van der Waals surface area contributed by atoms with Crippen LogP contribution in [0.1, 0.15) is 31.1 Å². The van der Waals surface area contributed by atoms with E-state index in [9.17, 15) is 4.79 Å². The number of hydrogen-bond donors (Lipinski definition) is 1. The topological polar surface area (TPSA) is 56.1 Å². The first-order valence-electron chi connectivity index (χ1n) is 6.99. The van der Waals surface area contributed by atoms with Crippen molar-refractivity contribution in [3.05, 3.63) is 47.8 Å². The van der Waals surface area contributed by atoms with Crippen LogP contribution in [0.5, 0.6) is 5.75 Å². The number of para-hydroxylation sites is 1. The first-order chi connectivity index (χ1) is 9.99. The zero-order chi connectivity index (χ0) is 15.4. The molecule has 1 amide bonds. The molecule has 0 radical (unpaired) electrons. The summed E-state index contributed by atoms with van der Waals surface area (Å²) < 4.78 is 7.41. The minimum atomic E-state index is -0.549. The summed E-state index contributed by atoms with van der Waals surface area (Å²) in [5, 5.41) is 7.14. The predicted octanol–water partition coefficient (Wildman–Crippen LogP) is 2.37. The van der Waals surface area contributed by atoms with Crippen LogP contribution in [0, 0.1) is 6.92 Å². The minimum Gasteiger partial charge on any atom is -0.481 e. The van der Waals surface area contributed by atoms with E-state index in [2.05, 4.69) is 10.4 Å². The third-order valence-corrected chi connectivity index (χ3v) is 3.52. The Balaban J connectivity index is 1.96. The van der Waals surface area contributed by atoms with Crippen molar-refractivity contribution in [2.45, 2.75) is 32.9 Å². The molecule has 1 aromatic carbocycles. The van der Waals surface area contributed by atoms with Crippen molar-refractivity contribution in [3.8, 4) is 5.75 Å². The van der Waals surface area contributed by atoms with Gasteiger partial charge in [0, 0.05) is 18.3 Å². The molecule has 2 aromatic rings. The molecule has 0 bridgehead atoms. The van der Waals surface area contributed by atoms with Crippen molar-refractivity contribution in [2.75, 3.05) is 0 Å². The zero-order valence-corrected chi connectivity index (χ0v) is 12.8. The Morgan fingerprint density at radius 1 is 1.29 bits per heavy atom. The summed E-state index contributed by atoms with van der Waals surface area (Å²) >= 11 is 0. The quantitative estimate of drug-likeness (QED) is 0.918. The average molecular weight is 287 g/mol. The highest BCUT2D eigenvalue weighted by Crippen LogP contribution is 2.17. The molecular weight excluding hydrogens is 266 g/mol. The highest BCUT2D eigenvalue weighted by Gasteiger charge is 2.19. The van der Waals surface area contributed by atoms with Gasteiger partial charge in [-0.2, -0.15) is 5.10 Å². The van der Waals surface area contributed by atoms with Gasteiger partial charge in [0.2, 0.25) is 0 Å². The van der Waals surface area contributed by atoms with Crippen LogP contribution < -0.4 is 10.1 Å². The monoisotopic (exact) mass is 287 g/mol. The number of nitrogens with one attached hydrogen (secondary N) is 1. The molecule has 112 valence electrons. The lowest BCUT2D eigenvalue weighted by molar-refractivity contribution is -0.127. The molecule has 0 saturated heterocycles. The molecule has 2 atom stereocenters. The van der Waals surface area contributed by atoms with Gasteiger partial charge in [-0.1, -0.05) is 18.2 Å². The average Bonchev–Trinajstić information content (AvgIpc) is 2.80. The summed E-state index contributed by atoms with van der Waals surface area (Å²) in [6, 6.07) is 9.22. The lowest BCUT2D eigenvalue weighted by atomic mass is 10.1. The van der Waals surface area contributed by atoms with E-state index in [1.165, 1.54) is 0 Å². The predicted molar refractivity (Wildman–Crippen MR) is 81.0 cm³/mol. The van der Waals surface area contributed by atoms with E-state index in [0.29, 0.717) is 5.75 Å². The van der Waals surface area contributed by atoms with Crippen LogP contribution in [0.3, 0.4) is 0 Å². The third kappa shape index (κ3) is 3.62. The summed E-state index contributed by atoms with van der Waals surface area (Å²) in [5.74, 6) is 0.542. The number of amides is 1. The number of carbonyl (C=O) groups excluding carboxylic acids is 1. The van der Waals surface area contributed by atoms with Gasteiger partial charge in [-0.25, -0.2) is 0 Å². The van der Waals surface area contributed by atoms with Crippen LogP contribution >= 0.6 is 0 Å². The highest BCUT2D eigenvalue weighted by molar-refractivity contribution is 5.81. The van der Waals surface area contributed by atoms with Gasteiger partial charge in [-0.15, -0.1) is 0 Å². The largest absolute Gasteiger partial charge is 0.481 e. The van der Waals surface area contributed by atoms with Gasteiger partial charge in [0.1, 0.15) is 5.75 Å². The van der Waals surface area contributed by atoms with Gasteiger partial charge in [0.25, 0.3) is 5.91 Å². The fraction of sp³-hybridized carbons (Fsp3) is 0.375. The number of ether oxygens (including phenoxy) is 1. The Labute approximate surface area is 124 Å². The van der Waals surface area contributed by atoms with Crippen LogP contribution in [0.4, 0.5) is 0 Å². The second-order valence-corrected chi connectivity index (χ2v) is 5.11. The molecule has 1 aromatic heterocycles. The van der Waals surface area contributed by atoms with Crippen molar-refractivity contribution < 1.29 is 9.53 Å². The maximum atomic E-state index is 12.2. The fourth-order valence-corrected chi connectivity index (χ4v) is 2.11. The Kier molecular flexibility index (Phi) is 4.62. The number of rotatable bonds is 5. The molecule has 0 unspecified atom stereocenters. The summed E-state index contributed by atoms with van der Waals surface area (Å²) in [7, 11) is 1.88. The van der Waals surface area contributed by atoms with Gasteiger partial charge < -0.3 is 10.1 Å². The lowest BCUT2D eigenvalue weighted by Gasteiger charge is -2.18. The maximum absolute atomic E-state index is 12.2. The molecule has 2 rings (SSSR count). The van der Waals surface area contributed by atoms with Crippen LogP contribution in [-0.2, 0) is 11.8 Å². The summed E-state index contributed by atoms with van der Waals surface area (Å²) in [4.78, 5) is 12.2. The highest BCUT2D eigenvalue weighted by atomic mass is 16.5. The normalized spacial score (nSPS) is 13.5. The smallest absolute Gasteiger partial charge is 0.261 e. The number of hydrogen-bond acceptors (Lipinski definition) is 3. The Morgan fingerprint density at radius 3 is 2.52 bits per heavy atom. The van der Waals surface area contributed by atoms with Crippen LogP contribution in [-0.4, -0.2) is 21.8 Å². The van der Waals surface area contributed by atoms with Gasteiger partial charge >= 0.3 is 0 Å². The first-order valence-corrected chi connectivity index (χ1v) is 6.99. The summed E-state index contributed by atoms with van der Waals surface area (Å²) in [6.45, 7) is 5.66. The number of carbonyl (C=O) groups is 1. The van der Waals surface area contributed by atoms with E-state index in [4.69, 9.17) is 4.74 Å². The molecule has 0 aliphatic heterocycles. The summed E-state index contributed by atoms with van der Waals surface area (Å²) in [6.07, 6.45) is 1.23. The number of benzene rings is 1. The van der Waals surface area contributed by atoms with Gasteiger partial charge in [0.15, 0.2) is 6.10 Å². The lowest BCUT2D eigenvalue weighted by Crippen LogP contribution is -2.37. The van der Waals surface area contributed by atoms with Crippen LogP contribution in [0.2, 0.25) is 0 Å². The van der Waals surface area contributed by atoms with E-state index in [1.54, 1.807) is 17.8 Å². The second kappa shape index (κ2) is 6.43. The molecule has 0 saturated carbocycles. The Bertz CT molecular complexity index is 607. The molecule has 0 fully saturated rings. The van der Waals surface area contributed by atoms with E-state index < -0.39 is 6.10 Å². The first kappa shape index (κ1) is 15.1. The zero-order valence-electron chi connectivity index (χ0n) is 12.8. The van der Waals surface area contributed by atoms with Crippen LogP contribution in [0.15, 0.2) is 36.5 Å². The maximum Gasteiger partial charge on any atom is 0.261 e. The molecule has 0 aliphatic carbocycles. The molecule has 21 heavy (non-hydrogen) atoms.